The highest BCUT2D eigenvalue weighted by atomic mass is 35.5. The zero-order valence-electron chi connectivity index (χ0n) is 11.2. The summed E-state index contributed by atoms with van der Waals surface area (Å²) in [4.78, 5) is 0.228. The van der Waals surface area contributed by atoms with E-state index in [0.717, 1.165) is 0 Å². The fraction of sp³-hybridized carbons (Fsp3) is 0.538. The smallest absolute Gasteiger partial charge is 0.243 e. The largest absolute Gasteiger partial charge is 0.381 e. The minimum Gasteiger partial charge on any atom is -0.381 e. The number of benzene rings is 1. The van der Waals surface area contributed by atoms with E-state index in [4.69, 9.17) is 27.9 Å². The van der Waals surface area contributed by atoms with Crippen molar-refractivity contribution in [3.05, 3.63) is 28.8 Å². The van der Waals surface area contributed by atoms with Gasteiger partial charge in [0.1, 0.15) is 0 Å². The molecule has 112 valence electrons. The molecule has 0 amide bonds. The number of rotatable bonds is 4. The van der Waals surface area contributed by atoms with Crippen LogP contribution in [0.1, 0.15) is 18.4 Å². The van der Waals surface area contributed by atoms with E-state index in [0.29, 0.717) is 36.6 Å². The monoisotopic (exact) mass is 337 g/mol. The Morgan fingerprint density at radius 1 is 1.35 bits per heavy atom. The second kappa shape index (κ2) is 6.62. The number of hydrogen-bond donors (Lipinski definition) is 0. The summed E-state index contributed by atoms with van der Waals surface area (Å²) in [6.45, 7) is 1.19. The van der Waals surface area contributed by atoms with Gasteiger partial charge in [0.05, 0.1) is 4.90 Å². The normalized spacial score (nSPS) is 17.6. The van der Waals surface area contributed by atoms with Crippen LogP contribution < -0.4 is 0 Å². The van der Waals surface area contributed by atoms with E-state index in [1.807, 2.05) is 0 Å². The summed E-state index contributed by atoms with van der Waals surface area (Å²) in [5.74, 6) is 0.184. The minimum atomic E-state index is -3.53. The lowest BCUT2D eigenvalue weighted by molar-refractivity contribution is 0.0632. The molecule has 2 rings (SSSR count). The quantitative estimate of drug-likeness (QED) is 0.793. The first-order valence-corrected chi connectivity index (χ1v) is 8.72. The Labute approximate surface area is 129 Å². The molecule has 0 saturated carbocycles. The summed E-state index contributed by atoms with van der Waals surface area (Å²) in [5.41, 5.74) is 0.620. The van der Waals surface area contributed by atoms with Gasteiger partial charge >= 0.3 is 0 Å². The van der Waals surface area contributed by atoms with Crippen LogP contribution in [0.25, 0.3) is 0 Å². The second-order valence-corrected chi connectivity index (χ2v) is 7.42. The first-order chi connectivity index (χ1) is 9.46. The predicted octanol–water partition coefficient (Wildman–Crippen LogP) is 2.88. The molecule has 1 fully saturated rings. The first-order valence-electron chi connectivity index (χ1n) is 6.37. The van der Waals surface area contributed by atoms with Crippen LogP contribution in [0, 0.1) is 0 Å². The number of sulfonamides is 1. The molecule has 0 radical (unpaired) electrons. The van der Waals surface area contributed by atoms with Crippen molar-refractivity contribution in [1.29, 1.82) is 0 Å². The van der Waals surface area contributed by atoms with E-state index in [2.05, 4.69) is 0 Å². The minimum absolute atomic E-state index is 0.0242. The molecule has 1 aliphatic heterocycles. The molecular weight excluding hydrogens is 321 g/mol. The molecule has 1 saturated heterocycles. The van der Waals surface area contributed by atoms with Crippen LogP contribution in [-0.4, -0.2) is 39.0 Å². The summed E-state index contributed by atoms with van der Waals surface area (Å²) in [6.07, 6.45) is 1.43. The summed E-state index contributed by atoms with van der Waals surface area (Å²) in [7, 11) is -1.92. The van der Waals surface area contributed by atoms with Crippen LogP contribution in [0.2, 0.25) is 5.02 Å². The summed E-state index contributed by atoms with van der Waals surface area (Å²) in [5, 5.41) is 0.479. The SMILES string of the molecule is CN(C1CCOCC1)S(=O)(=O)c1ccc(Cl)c(CCl)c1. The molecule has 0 unspecified atom stereocenters. The highest BCUT2D eigenvalue weighted by molar-refractivity contribution is 7.89. The summed E-state index contributed by atoms with van der Waals surface area (Å²) >= 11 is 11.7. The fourth-order valence-corrected chi connectivity index (χ4v) is 4.17. The van der Waals surface area contributed by atoms with Gasteiger partial charge < -0.3 is 4.74 Å². The van der Waals surface area contributed by atoms with E-state index in [1.165, 1.54) is 10.4 Å². The lowest BCUT2D eigenvalue weighted by atomic mass is 10.1. The Morgan fingerprint density at radius 3 is 2.60 bits per heavy atom. The average Bonchev–Trinajstić information content (AvgIpc) is 2.47. The van der Waals surface area contributed by atoms with Crippen molar-refractivity contribution in [2.75, 3.05) is 20.3 Å². The van der Waals surface area contributed by atoms with Gasteiger partial charge in [-0.3, -0.25) is 0 Å². The summed E-state index contributed by atoms with van der Waals surface area (Å²) < 4.78 is 31.9. The lowest BCUT2D eigenvalue weighted by Gasteiger charge is -2.30. The van der Waals surface area contributed by atoms with Gasteiger partial charge in [0, 0.05) is 37.2 Å². The van der Waals surface area contributed by atoms with E-state index in [1.54, 1.807) is 19.2 Å². The molecule has 1 aliphatic rings. The molecule has 0 atom stereocenters. The van der Waals surface area contributed by atoms with Crippen LogP contribution in [0.3, 0.4) is 0 Å². The Morgan fingerprint density at radius 2 is 2.00 bits per heavy atom. The molecule has 0 N–H and O–H groups in total. The van der Waals surface area contributed by atoms with Gasteiger partial charge in [-0.05, 0) is 36.6 Å². The van der Waals surface area contributed by atoms with Crippen LogP contribution in [0.15, 0.2) is 23.1 Å². The van der Waals surface area contributed by atoms with Gasteiger partial charge in [-0.15, -0.1) is 11.6 Å². The van der Waals surface area contributed by atoms with Crippen molar-refractivity contribution < 1.29 is 13.2 Å². The third kappa shape index (κ3) is 3.28. The Balaban J connectivity index is 2.29. The van der Waals surface area contributed by atoms with Crippen LogP contribution >= 0.6 is 23.2 Å². The third-order valence-corrected chi connectivity index (χ3v) is 6.11. The van der Waals surface area contributed by atoms with Crippen molar-refractivity contribution >= 4 is 33.2 Å². The molecule has 1 aromatic rings. The van der Waals surface area contributed by atoms with E-state index >= 15 is 0 Å². The highest BCUT2D eigenvalue weighted by Crippen LogP contribution is 2.26. The van der Waals surface area contributed by atoms with Crippen molar-refractivity contribution in [3.8, 4) is 0 Å². The standard InChI is InChI=1S/C13H17Cl2NO3S/c1-16(11-4-6-19-7-5-11)20(17,18)12-2-3-13(15)10(8-12)9-14/h2-3,8,11H,4-7,9H2,1H3. The van der Waals surface area contributed by atoms with Crippen LogP contribution in [0.4, 0.5) is 0 Å². The number of ether oxygens (including phenoxy) is 1. The maximum atomic E-state index is 12.6. The van der Waals surface area contributed by atoms with Crippen molar-refractivity contribution in [2.24, 2.45) is 0 Å². The molecule has 20 heavy (non-hydrogen) atoms. The number of nitrogens with zero attached hydrogens (tertiary/aromatic N) is 1. The zero-order chi connectivity index (χ0) is 14.8. The molecule has 7 heteroatoms. The van der Waals surface area contributed by atoms with Crippen molar-refractivity contribution in [3.63, 3.8) is 0 Å². The second-order valence-electron chi connectivity index (χ2n) is 4.75. The topological polar surface area (TPSA) is 46.6 Å². The molecule has 1 heterocycles. The fourth-order valence-electron chi connectivity index (χ4n) is 2.23. The van der Waals surface area contributed by atoms with Gasteiger partial charge in [0.15, 0.2) is 0 Å². The maximum absolute atomic E-state index is 12.6. The highest BCUT2D eigenvalue weighted by Gasteiger charge is 2.29. The Kier molecular flexibility index (Phi) is 5.31. The molecule has 1 aromatic carbocycles. The number of alkyl halides is 1. The zero-order valence-corrected chi connectivity index (χ0v) is 13.5. The maximum Gasteiger partial charge on any atom is 0.243 e. The molecule has 0 aromatic heterocycles. The van der Waals surface area contributed by atoms with Gasteiger partial charge in [-0.2, -0.15) is 4.31 Å². The number of hydrogen-bond acceptors (Lipinski definition) is 3. The van der Waals surface area contributed by atoms with Gasteiger partial charge in [0.25, 0.3) is 0 Å². The third-order valence-electron chi connectivity index (χ3n) is 3.54. The molecule has 0 spiro atoms. The van der Waals surface area contributed by atoms with Crippen molar-refractivity contribution in [1.82, 2.24) is 4.31 Å². The molecular formula is C13H17Cl2NO3S. The first kappa shape index (κ1) is 16.0. The van der Waals surface area contributed by atoms with Gasteiger partial charge in [-0.25, -0.2) is 8.42 Å². The molecule has 0 bridgehead atoms. The van der Waals surface area contributed by atoms with E-state index in [9.17, 15) is 8.42 Å². The molecule has 4 nitrogen and oxygen atoms in total. The van der Waals surface area contributed by atoms with Gasteiger partial charge in [0.2, 0.25) is 10.0 Å². The van der Waals surface area contributed by atoms with E-state index in [-0.39, 0.29) is 16.8 Å². The number of halogens is 2. The summed E-state index contributed by atoms with van der Waals surface area (Å²) in [6, 6.07) is 4.61. The van der Waals surface area contributed by atoms with E-state index < -0.39 is 10.0 Å². The molecule has 0 aliphatic carbocycles. The predicted molar refractivity (Wildman–Crippen MR) is 79.8 cm³/mol. The van der Waals surface area contributed by atoms with Crippen LogP contribution in [-0.2, 0) is 20.6 Å². The van der Waals surface area contributed by atoms with Crippen LogP contribution in [0.5, 0.6) is 0 Å². The van der Waals surface area contributed by atoms with Crippen molar-refractivity contribution in [2.45, 2.75) is 29.7 Å². The Bertz CT molecular complexity index is 571. The lowest BCUT2D eigenvalue weighted by Crippen LogP contribution is -2.40. The Hall–Kier alpha value is -0.330. The average molecular weight is 338 g/mol. The van der Waals surface area contributed by atoms with Gasteiger partial charge in [-0.1, -0.05) is 11.6 Å².